The highest BCUT2D eigenvalue weighted by Gasteiger charge is 2.30. The molecule has 0 aromatic heterocycles. The van der Waals surface area contributed by atoms with Crippen molar-refractivity contribution < 1.29 is 5.11 Å². The molecule has 3 N–H and O–H groups in total. The van der Waals surface area contributed by atoms with Crippen LogP contribution in [0.5, 0.6) is 0 Å². The normalized spacial score (nSPS) is 22.4. The largest absolute Gasteiger partial charge is 0.392 e. The topological polar surface area (TPSA) is 46.2 Å². The molecule has 3 unspecified atom stereocenters. The average molecular weight is 159 g/mol. The molecule has 0 aliphatic carbocycles. The van der Waals surface area contributed by atoms with Gasteiger partial charge in [0.15, 0.2) is 0 Å². The van der Waals surface area contributed by atoms with Crippen LogP contribution >= 0.6 is 0 Å². The van der Waals surface area contributed by atoms with Crippen molar-refractivity contribution in [2.75, 3.05) is 0 Å². The maximum absolute atomic E-state index is 9.35. The van der Waals surface area contributed by atoms with Crippen molar-refractivity contribution in [3.63, 3.8) is 0 Å². The van der Waals surface area contributed by atoms with Gasteiger partial charge in [-0.1, -0.05) is 20.3 Å². The molecule has 0 aliphatic heterocycles. The summed E-state index contributed by atoms with van der Waals surface area (Å²) < 4.78 is 0. The fraction of sp³-hybridized carbons (Fsp3) is 1.00. The van der Waals surface area contributed by atoms with Crippen LogP contribution in [0, 0.1) is 5.92 Å². The van der Waals surface area contributed by atoms with Gasteiger partial charge in [-0.15, -0.1) is 0 Å². The van der Waals surface area contributed by atoms with E-state index in [0.29, 0.717) is 5.92 Å². The van der Waals surface area contributed by atoms with E-state index in [0.717, 1.165) is 12.8 Å². The predicted molar refractivity (Wildman–Crippen MR) is 48.3 cm³/mol. The molecular formula is C9H21NO. The minimum atomic E-state index is -0.435. The minimum Gasteiger partial charge on any atom is -0.392 e. The fourth-order valence-electron chi connectivity index (χ4n) is 1.16. The Kier molecular flexibility index (Phi) is 4.04. The van der Waals surface area contributed by atoms with Crippen molar-refractivity contribution in [2.24, 2.45) is 11.7 Å². The zero-order valence-electron chi connectivity index (χ0n) is 8.09. The maximum atomic E-state index is 9.35. The lowest BCUT2D eigenvalue weighted by Gasteiger charge is -2.34. The molecule has 0 aromatic rings. The second-order valence-corrected chi connectivity index (χ2v) is 3.73. The van der Waals surface area contributed by atoms with E-state index in [1.54, 1.807) is 6.92 Å². The van der Waals surface area contributed by atoms with E-state index in [1.165, 1.54) is 0 Å². The number of hydrogen-bond acceptors (Lipinski definition) is 2. The van der Waals surface area contributed by atoms with Crippen molar-refractivity contribution in [1.82, 2.24) is 0 Å². The Morgan fingerprint density at radius 3 is 2.18 bits per heavy atom. The van der Waals surface area contributed by atoms with Crippen LogP contribution in [-0.4, -0.2) is 16.7 Å². The number of aliphatic hydroxyl groups is 1. The fourth-order valence-corrected chi connectivity index (χ4v) is 1.16. The maximum Gasteiger partial charge on any atom is 0.0691 e. The molecule has 0 rings (SSSR count). The predicted octanol–water partition coefficient (Wildman–Crippen LogP) is 1.52. The van der Waals surface area contributed by atoms with E-state index in [4.69, 9.17) is 5.73 Å². The van der Waals surface area contributed by atoms with Crippen LogP contribution in [0.1, 0.15) is 40.5 Å². The van der Waals surface area contributed by atoms with E-state index in [2.05, 4.69) is 13.8 Å². The zero-order valence-corrected chi connectivity index (χ0v) is 8.09. The zero-order chi connectivity index (χ0) is 9.07. The number of rotatable bonds is 4. The van der Waals surface area contributed by atoms with Gasteiger partial charge in [0.25, 0.3) is 0 Å². The molecule has 0 spiro atoms. The molecule has 2 nitrogen and oxygen atoms in total. The first-order chi connectivity index (χ1) is 4.92. The highest BCUT2D eigenvalue weighted by atomic mass is 16.3. The Morgan fingerprint density at radius 2 is 1.91 bits per heavy atom. The van der Waals surface area contributed by atoms with Gasteiger partial charge < -0.3 is 10.8 Å². The monoisotopic (exact) mass is 159 g/mol. The van der Waals surface area contributed by atoms with Crippen molar-refractivity contribution >= 4 is 0 Å². The third kappa shape index (κ3) is 2.80. The molecule has 0 amide bonds. The summed E-state index contributed by atoms with van der Waals surface area (Å²) in [5.41, 5.74) is 5.50. The van der Waals surface area contributed by atoms with Gasteiger partial charge in [-0.25, -0.2) is 0 Å². The molecule has 11 heavy (non-hydrogen) atoms. The van der Waals surface area contributed by atoms with Crippen LogP contribution in [0.15, 0.2) is 0 Å². The first kappa shape index (κ1) is 10.9. The van der Waals surface area contributed by atoms with Crippen molar-refractivity contribution in [1.29, 1.82) is 0 Å². The van der Waals surface area contributed by atoms with Crippen molar-refractivity contribution in [3.05, 3.63) is 0 Å². The van der Waals surface area contributed by atoms with Crippen LogP contribution in [0.2, 0.25) is 0 Å². The summed E-state index contributed by atoms with van der Waals surface area (Å²) >= 11 is 0. The molecule has 0 bridgehead atoms. The summed E-state index contributed by atoms with van der Waals surface area (Å²) in [4.78, 5) is 0. The van der Waals surface area contributed by atoms with E-state index in [1.807, 2.05) is 6.92 Å². The summed E-state index contributed by atoms with van der Waals surface area (Å²) in [5.74, 6) is 0.382. The van der Waals surface area contributed by atoms with Crippen LogP contribution in [-0.2, 0) is 0 Å². The Balaban J connectivity index is 4.05. The third-order valence-electron chi connectivity index (χ3n) is 2.68. The molecule has 0 aliphatic rings. The Hall–Kier alpha value is -0.0800. The minimum absolute atomic E-state index is 0.382. The quantitative estimate of drug-likeness (QED) is 0.653. The van der Waals surface area contributed by atoms with Crippen molar-refractivity contribution in [2.45, 2.75) is 52.2 Å². The average Bonchev–Trinajstić information content (AvgIpc) is 1.88. The second-order valence-electron chi connectivity index (χ2n) is 3.73. The second kappa shape index (κ2) is 4.07. The molecule has 0 radical (unpaired) electrons. The van der Waals surface area contributed by atoms with E-state index >= 15 is 0 Å². The van der Waals surface area contributed by atoms with Gasteiger partial charge in [0.05, 0.1) is 6.10 Å². The summed E-state index contributed by atoms with van der Waals surface area (Å²) in [6, 6.07) is 0. The molecule has 0 aromatic carbocycles. The lowest BCUT2D eigenvalue weighted by Crippen LogP contribution is -2.51. The Labute approximate surface area is 69.8 Å². The van der Waals surface area contributed by atoms with E-state index in [9.17, 15) is 5.11 Å². The Bertz CT molecular complexity index is 110. The molecule has 0 fully saturated rings. The number of aliphatic hydroxyl groups excluding tert-OH is 1. The summed E-state index contributed by atoms with van der Waals surface area (Å²) in [6.07, 6.45) is 1.78. The van der Waals surface area contributed by atoms with E-state index < -0.39 is 11.6 Å². The summed E-state index contributed by atoms with van der Waals surface area (Å²) in [5, 5.41) is 9.35. The third-order valence-corrected chi connectivity index (χ3v) is 2.68. The van der Waals surface area contributed by atoms with Gasteiger partial charge in [0.2, 0.25) is 0 Å². The van der Waals surface area contributed by atoms with Crippen LogP contribution < -0.4 is 5.73 Å². The van der Waals surface area contributed by atoms with Crippen LogP contribution in [0.25, 0.3) is 0 Å². The Morgan fingerprint density at radius 1 is 1.45 bits per heavy atom. The summed E-state index contributed by atoms with van der Waals surface area (Å²) in [7, 11) is 0. The highest BCUT2D eigenvalue weighted by Crippen LogP contribution is 2.22. The van der Waals surface area contributed by atoms with Gasteiger partial charge in [0, 0.05) is 5.54 Å². The van der Waals surface area contributed by atoms with Crippen LogP contribution in [0.3, 0.4) is 0 Å². The van der Waals surface area contributed by atoms with Gasteiger partial charge in [-0.05, 0) is 26.2 Å². The van der Waals surface area contributed by atoms with Gasteiger partial charge in [0.1, 0.15) is 0 Å². The first-order valence-electron chi connectivity index (χ1n) is 4.39. The van der Waals surface area contributed by atoms with Gasteiger partial charge in [-0.3, -0.25) is 0 Å². The SMILES string of the molecule is CCCC(C)C(C)(N)C(C)O. The highest BCUT2D eigenvalue weighted by molar-refractivity contribution is 4.88. The molecule has 0 heterocycles. The molecule has 0 saturated carbocycles. The van der Waals surface area contributed by atoms with Gasteiger partial charge in [-0.2, -0.15) is 0 Å². The van der Waals surface area contributed by atoms with E-state index in [-0.39, 0.29) is 0 Å². The molecule has 3 atom stereocenters. The summed E-state index contributed by atoms with van der Waals surface area (Å²) in [6.45, 7) is 7.90. The number of hydrogen-bond donors (Lipinski definition) is 2. The standard InChI is InChI=1S/C9H21NO/c1-5-6-7(2)9(4,10)8(3)11/h7-8,11H,5-6,10H2,1-4H3. The van der Waals surface area contributed by atoms with Gasteiger partial charge >= 0.3 is 0 Å². The van der Waals surface area contributed by atoms with Crippen molar-refractivity contribution in [3.8, 4) is 0 Å². The number of nitrogens with two attached hydrogens (primary N) is 1. The lowest BCUT2D eigenvalue weighted by molar-refractivity contribution is 0.0736. The first-order valence-corrected chi connectivity index (χ1v) is 4.39. The molecule has 68 valence electrons. The van der Waals surface area contributed by atoms with Crippen LogP contribution in [0.4, 0.5) is 0 Å². The molecule has 2 heteroatoms. The lowest BCUT2D eigenvalue weighted by atomic mass is 9.81. The molecule has 0 saturated heterocycles. The molecular weight excluding hydrogens is 138 g/mol. The smallest absolute Gasteiger partial charge is 0.0691 e.